The van der Waals surface area contributed by atoms with Crippen molar-refractivity contribution in [2.75, 3.05) is 13.7 Å². The van der Waals surface area contributed by atoms with E-state index in [1.54, 1.807) is 13.8 Å². The molecule has 0 heterocycles. The normalized spacial score (nSPS) is 11.7. The zero-order valence-electron chi connectivity index (χ0n) is 8.03. The summed E-state index contributed by atoms with van der Waals surface area (Å²) < 4.78 is 28.9. The first kappa shape index (κ1) is 12.4. The van der Waals surface area contributed by atoms with Crippen LogP contribution in [0.4, 0.5) is 0 Å². The van der Waals surface area contributed by atoms with E-state index in [2.05, 4.69) is 9.46 Å². The Labute approximate surface area is 78.5 Å². The van der Waals surface area contributed by atoms with Gasteiger partial charge in [0.2, 0.25) is 10.0 Å². The van der Waals surface area contributed by atoms with Gasteiger partial charge in [0.15, 0.2) is 0 Å². The molecule has 0 rings (SSSR count). The summed E-state index contributed by atoms with van der Waals surface area (Å²) in [4.78, 5) is 10.6. The molecule has 78 valence electrons. The van der Waals surface area contributed by atoms with Gasteiger partial charge in [-0.05, 0) is 13.8 Å². The third-order valence-corrected chi connectivity index (χ3v) is 3.33. The van der Waals surface area contributed by atoms with Gasteiger partial charge in [-0.3, -0.25) is 4.79 Å². The fourth-order valence-corrected chi connectivity index (χ4v) is 1.28. The van der Waals surface area contributed by atoms with Crippen molar-refractivity contribution in [3.63, 3.8) is 0 Å². The van der Waals surface area contributed by atoms with Crippen molar-refractivity contribution >= 4 is 16.0 Å². The van der Waals surface area contributed by atoms with Gasteiger partial charge in [-0.1, -0.05) is 0 Å². The molecule has 0 atom stereocenters. The molecule has 0 amide bonds. The quantitative estimate of drug-likeness (QED) is 0.640. The van der Waals surface area contributed by atoms with E-state index < -0.39 is 21.2 Å². The number of rotatable bonds is 5. The van der Waals surface area contributed by atoms with Crippen LogP contribution < -0.4 is 4.72 Å². The Morgan fingerprint density at radius 1 is 1.46 bits per heavy atom. The van der Waals surface area contributed by atoms with Crippen molar-refractivity contribution in [1.82, 2.24) is 4.72 Å². The standard InChI is InChI=1S/C7H15NO4S/c1-6(2)13(10,11)8-5-4-7(9)12-3/h6,8H,4-5H2,1-3H3. The van der Waals surface area contributed by atoms with Gasteiger partial charge < -0.3 is 4.74 Å². The smallest absolute Gasteiger partial charge is 0.306 e. The van der Waals surface area contributed by atoms with Crippen LogP contribution in [0.2, 0.25) is 0 Å². The SMILES string of the molecule is COC(=O)CCNS(=O)(=O)C(C)C. The van der Waals surface area contributed by atoms with Gasteiger partial charge in [-0.15, -0.1) is 0 Å². The molecule has 1 N–H and O–H groups in total. The van der Waals surface area contributed by atoms with Crippen molar-refractivity contribution < 1.29 is 17.9 Å². The highest BCUT2D eigenvalue weighted by Gasteiger charge is 2.14. The predicted octanol–water partition coefficient (Wildman–Crippen LogP) is -0.123. The van der Waals surface area contributed by atoms with Crippen LogP contribution in [-0.4, -0.2) is 33.3 Å². The van der Waals surface area contributed by atoms with E-state index in [-0.39, 0.29) is 13.0 Å². The van der Waals surface area contributed by atoms with E-state index in [1.165, 1.54) is 7.11 Å². The second-order valence-corrected chi connectivity index (χ2v) is 5.14. The molecule has 0 aromatic carbocycles. The highest BCUT2D eigenvalue weighted by molar-refractivity contribution is 7.90. The monoisotopic (exact) mass is 209 g/mol. The average molecular weight is 209 g/mol. The van der Waals surface area contributed by atoms with Crippen molar-refractivity contribution in [3.8, 4) is 0 Å². The molecular weight excluding hydrogens is 194 g/mol. The lowest BCUT2D eigenvalue weighted by molar-refractivity contribution is -0.140. The molecule has 0 unspecified atom stereocenters. The van der Waals surface area contributed by atoms with Crippen molar-refractivity contribution in [1.29, 1.82) is 0 Å². The molecule has 0 spiro atoms. The Morgan fingerprint density at radius 3 is 2.38 bits per heavy atom. The molecule has 13 heavy (non-hydrogen) atoms. The fraction of sp³-hybridized carbons (Fsp3) is 0.857. The number of carbonyl (C=O) groups excluding carboxylic acids is 1. The number of methoxy groups -OCH3 is 1. The summed E-state index contributed by atoms with van der Waals surface area (Å²) in [6, 6.07) is 0. The van der Waals surface area contributed by atoms with E-state index >= 15 is 0 Å². The van der Waals surface area contributed by atoms with Crippen LogP contribution in [0.15, 0.2) is 0 Å². The first-order valence-corrected chi connectivity index (χ1v) is 5.50. The van der Waals surface area contributed by atoms with Crippen LogP contribution in [0.1, 0.15) is 20.3 Å². The molecule has 0 saturated carbocycles. The summed E-state index contributed by atoms with van der Waals surface area (Å²) >= 11 is 0. The van der Waals surface area contributed by atoms with Gasteiger partial charge >= 0.3 is 5.97 Å². The van der Waals surface area contributed by atoms with Gasteiger partial charge in [0.05, 0.1) is 18.8 Å². The third kappa shape index (κ3) is 4.84. The first-order valence-electron chi connectivity index (χ1n) is 3.95. The zero-order valence-corrected chi connectivity index (χ0v) is 8.85. The minimum Gasteiger partial charge on any atom is -0.469 e. The van der Waals surface area contributed by atoms with Crippen molar-refractivity contribution in [2.24, 2.45) is 0 Å². The van der Waals surface area contributed by atoms with Crippen LogP contribution in [0.3, 0.4) is 0 Å². The predicted molar refractivity (Wildman–Crippen MR) is 48.7 cm³/mol. The third-order valence-electron chi connectivity index (χ3n) is 1.48. The van der Waals surface area contributed by atoms with E-state index in [4.69, 9.17) is 0 Å². The van der Waals surface area contributed by atoms with Crippen LogP contribution >= 0.6 is 0 Å². The molecule has 0 bridgehead atoms. The molecule has 0 radical (unpaired) electrons. The zero-order chi connectivity index (χ0) is 10.5. The Bertz CT molecular complexity index is 258. The molecule has 0 aliphatic heterocycles. The minimum absolute atomic E-state index is 0.0580. The van der Waals surface area contributed by atoms with Crippen LogP contribution in [0.25, 0.3) is 0 Å². The molecule has 0 saturated heterocycles. The van der Waals surface area contributed by atoms with Gasteiger partial charge in [0.25, 0.3) is 0 Å². The van der Waals surface area contributed by atoms with Crippen LogP contribution in [-0.2, 0) is 19.6 Å². The van der Waals surface area contributed by atoms with Crippen molar-refractivity contribution in [3.05, 3.63) is 0 Å². The van der Waals surface area contributed by atoms with Gasteiger partial charge in [-0.2, -0.15) is 0 Å². The highest BCUT2D eigenvalue weighted by Crippen LogP contribution is 1.95. The van der Waals surface area contributed by atoms with Crippen LogP contribution in [0.5, 0.6) is 0 Å². The first-order chi connectivity index (χ1) is 5.90. The fourth-order valence-electron chi connectivity index (χ4n) is 0.564. The van der Waals surface area contributed by atoms with Crippen molar-refractivity contribution in [2.45, 2.75) is 25.5 Å². The lowest BCUT2D eigenvalue weighted by Gasteiger charge is -2.08. The molecule has 0 fully saturated rings. The number of ether oxygens (including phenoxy) is 1. The summed E-state index contributed by atoms with van der Waals surface area (Å²) in [5.41, 5.74) is 0. The molecule has 0 aromatic rings. The van der Waals surface area contributed by atoms with E-state index in [0.29, 0.717) is 0 Å². The summed E-state index contributed by atoms with van der Waals surface area (Å²) in [5.74, 6) is -0.425. The maximum absolute atomic E-state index is 11.1. The Kier molecular flexibility index (Phi) is 4.94. The molecule has 0 aromatic heterocycles. The number of sulfonamides is 1. The molecule has 6 heteroatoms. The Morgan fingerprint density at radius 2 is 2.00 bits per heavy atom. The van der Waals surface area contributed by atoms with Gasteiger partial charge in [0.1, 0.15) is 0 Å². The summed E-state index contributed by atoms with van der Waals surface area (Å²) in [6.07, 6.45) is 0.0580. The Balaban J connectivity index is 3.84. The number of hydrogen-bond donors (Lipinski definition) is 1. The van der Waals surface area contributed by atoms with E-state index in [1.807, 2.05) is 0 Å². The lowest BCUT2D eigenvalue weighted by atomic mass is 10.4. The number of carbonyl (C=O) groups is 1. The number of esters is 1. The summed E-state index contributed by atoms with van der Waals surface area (Å²) in [5, 5.41) is -0.481. The second kappa shape index (κ2) is 5.18. The van der Waals surface area contributed by atoms with Crippen LogP contribution in [0, 0.1) is 0 Å². The molecule has 5 nitrogen and oxygen atoms in total. The van der Waals surface area contributed by atoms with Gasteiger partial charge in [0, 0.05) is 6.54 Å². The topological polar surface area (TPSA) is 72.5 Å². The lowest BCUT2D eigenvalue weighted by Crippen LogP contribution is -2.32. The number of hydrogen-bond acceptors (Lipinski definition) is 4. The molecular formula is C7H15NO4S. The largest absolute Gasteiger partial charge is 0.469 e. The highest BCUT2D eigenvalue weighted by atomic mass is 32.2. The molecule has 0 aliphatic carbocycles. The molecule has 0 aliphatic rings. The summed E-state index contributed by atoms with van der Waals surface area (Å²) in [6.45, 7) is 3.23. The number of nitrogens with one attached hydrogen (secondary N) is 1. The Hall–Kier alpha value is -0.620. The maximum atomic E-state index is 11.1. The maximum Gasteiger partial charge on any atom is 0.306 e. The van der Waals surface area contributed by atoms with E-state index in [0.717, 1.165) is 0 Å². The van der Waals surface area contributed by atoms with E-state index in [9.17, 15) is 13.2 Å². The second-order valence-electron chi connectivity index (χ2n) is 2.81. The van der Waals surface area contributed by atoms with Gasteiger partial charge in [-0.25, -0.2) is 13.1 Å². The summed E-state index contributed by atoms with van der Waals surface area (Å²) in [7, 11) is -2.00. The average Bonchev–Trinajstić information content (AvgIpc) is 2.03. The minimum atomic E-state index is -3.26.